The molecule has 3 N–H and O–H groups in total. The van der Waals surface area contributed by atoms with E-state index in [1.165, 1.54) is 0 Å². The highest BCUT2D eigenvalue weighted by molar-refractivity contribution is 5.11. The summed E-state index contributed by atoms with van der Waals surface area (Å²) in [6, 6.07) is 3.19. The summed E-state index contributed by atoms with van der Waals surface area (Å²) in [4.78, 5) is 5.94. The molecule has 0 unspecified atom stereocenters. The average molecular weight is 238 g/mol. The summed E-state index contributed by atoms with van der Waals surface area (Å²) in [5.41, 5.74) is 0.999. The molecular formula is C12H18N2O3. The molecule has 0 spiro atoms. The van der Waals surface area contributed by atoms with Crippen LogP contribution in [0.25, 0.3) is 0 Å². The van der Waals surface area contributed by atoms with E-state index in [1.54, 1.807) is 12.4 Å². The van der Waals surface area contributed by atoms with Crippen molar-refractivity contribution < 1.29 is 15.3 Å². The smallest absolute Gasteiger partial charge is 0.0991 e. The van der Waals surface area contributed by atoms with Gasteiger partial charge in [-0.05, 0) is 18.6 Å². The second-order valence-electron chi connectivity index (χ2n) is 4.51. The van der Waals surface area contributed by atoms with Gasteiger partial charge in [-0.3, -0.25) is 9.88 Å². The van der Waals surface area contributed by atoms with E-state index in [0.717, 1.165) is 5.56 Å². The summed E-state index contributed by atoms with van der Waals surface area (Å²) >= 11 is 0. The molecule has 1 aromatic heterocycles. The zero-order valence-electron chi connectivity index (χ0n) is 9.77. The van der Waals surface area contributed by atoms with Gasteiger partial charge in [0.2, 0.25) is 0 Å². The maximum absolute atomic E-state index is 9.81. The molecule has 0 bridgehead atoms. The Balaban J connectivity index is 2.14. The Kier molecular flexibility index (Phi) is 3.73. The molecule has 0 aromatic carbocycles. The van der Waals surface area contributed by atoms with Gasteiger partial charge < -0.3 is 15.3 Å². The van der Waals surface area contributed by atoms with E-state index in [1.807, 2.05) is 24.0 Å². The summed E-state index contributed by atoms with van der Waals surface area (Å²) < 4.78 is 0. The van der Waals surface area contributed by atoms with Gasteiger partial charge in [-0.25, -0.2) is 0 Å². The first kappa shape index (κ1) is 12.4. The lowest BCUT2D eigenvalue weighted by molar-refractivity contribution is 0.0186. The van der Waals surface area contributed by atoms with Crippen molar-refractivity contribution >= 4 is 0 Å². The molecule has 1 saturated heterocycles. The van der Waals surface area contributed by atoms with Gasteiger partial charge in [0.15, 0.2) is 0 Å². The van der Waals surface area contributed by atoms with Gasteiger partial charge in [-0.15, -0.1) is 0 Å². The minimum Gasteiger partial charge on any atom is -0.395 e. The van der Waals surface area contributed by atoms with Crippen LogP contribution in [0.15, 0.2) is 24.5 Å². The number of nitrogens with zero attached hydrogens (tertiary/aromatic N) is 2. The highest BCUT2D eigenvalue weighted by atomic mass is 16.3. The fourth-order valence-electron chi connectivity index (χ4n) is 2.38. The van der Waals surface area contributed by atoms with Crippen LogP contribution in [0.1, 0.15) is 12.5 Å². The summed E-state index contributed by atoms with van der Waals surface area (Å²) in [6.45, 7) is 2.25. The number of hydrogen-bond acceptors (Lipinski definition) is 5. The number of aliphatic hydroxyl groups is 3. The Morgan fingerprint density at radius 2 is 2.12 bits per heavy atom. The first-order chi connectivity index (χ1) is 8.15. The van der Waals surface area contributed by atoms with Crippen molar-refractivity contribution in [3.8, 4) is 0 Å². The van der Waals surface area contributed by atoms with E-state index in [-0.39, 0.29) is 12.6 Å². The Hall–Kier alpha value is -1.01. The van der Waals surface area contributed by atoms with Crippen molar-refractivity contribution in [1.29, 1.82) is 0 Å². The zero-order chi connectivity index (χ0) is 12.4. The molecule has 94 valence electrons. The molecule has 2 rings (SSSR count). The molecule has 4 atom stereocenters. The maximum Gasteiger partial charge on any atom is 0.0991 e. The molecule has 17 heavy (non-hydrogen) atoms. The highest BCUT2D eigenvalue weighted by Crippen LogP contribution is 2.26. The molecule has 5 nitrogen and oxygen atoms in total. The monoisotopic (exact) mass is 238 g/mol. The summed E-state index contributed by atoms with van der Waals surface area (Å²) in [5.74, 6) is 0. The number of likely N-dealkylation sites (tertiary alicyclic amines) is 1. The standard InChI is InChI=1S/C12H18N2O3/c1-8-11(16)12(17)10(7-15)14(8)6-9-3-2-4-13-5-9/h2-5,8,10-12,15-17H,6-7H2,1H3/t8-,10+,11-,12+/m0/s1. The van der Waals surface area contributed by atoms with Crippen LogP contribution in [0.4, 0.5) is 0 Å². The van der Waals surface area contributed by atoms with E-state index >= 15 is 0 Å². The van der Waals surface area contributed by atoms with Crippen molar-refractivity contribution in [3.05, 3.63) is 30.1 Å². The molecule has 2 heterocycles. The van der Waals surface area contributed by atoms with Gasteiger partial charge in [-0.1, -0.05) is 6.07 Å². The normalized spacial score (nSPS) is 34.1. The molecule has 1 fully saturated rings. The molecule has 1 aromatic rings. The van der Waals surface area contributed by atoms with E-state index in [4.69, 9.17) is 0 Å². The van der Waals surface area contributed by atoms with Crippen LogP contribution >= 0.6 is 0 Å². The van der Waals surface area contributed by atoms with Gasteiger partial charge in [0.25, 0.3) is 0 Å². The predicted octanol–water partition coefficient (Wildman–Crippen LogP) is -0.632. The second-order valence-corrected chi connectivity index (χ2v) is 4.51. The maximum atomic E-state index is 9.81. The fraction of sp³-hybridized carbons (Fsp3) is 0.583. The van der Waals surface area contributed by atoms with Crippen molar-refractivity contribution in [2.45, 2.75) is 37.8 Å². The van der Waals surface area contributed by atoms with E-state index in [2.05, 4.69) is 4.98 Å². The van der Waals surface area contributed by atoms with Gasteiger partial charge in [-0.2, -0.15) is 0 Å². The first-order valence-electron chi connectivity index (χ1n) is 5.76. The zero-order valence-corrected chi connectivity index (χ0v) is 9.77. The molecule has 1 aliphatic heterocycles. The fourth-order valence-corrected chi connectivity index (χ4v) is 2.38. The lowest BCUT2D eigenvalue weighted by Crippen LogP contribution is -2.40. The minimum atomic E-state index is -0.897. The number of hydrogen-bond donors (Lipinski definition) is 3. The van der Waals surface area contributed by atoms with Gasteiger partial charge in [0.05, 0.1) is 24.9 Å². The molecule has 0 radical (unpaired) electrons. The van der Waals surface area contributed by atoms with E-state index in [0.29, 0.717) is 6.54 Å². The molecule has 1 aliphatic rings. The Labute approximate surface area is 100 Å². The third kappa shape index (κ3) is 2.32. The molecule has 0 saturated carbocycles. The number of aromatic nitrogens is 1. The van der Waals surface area contributed by atoms with Gasteiger partial charge in [0.1, 0.15) is 0 Å². The average Bonchev–Trinajstić information content (AvgIpc) is 2.55. The number of pyridine rings is 1. The lowest BCUT2D eigenvalue weighted by Gasteiger charge is -2.27. The van der Waals surface area contributed by atoms with Crippen molar-refractivity contribution in [1.82, 2.24) is 9.88 Å². The lowest BCUT2D eigenvalue weighted by atomic mass is 10.1. The van der Waals surface area contributed by atoms with Crippen LogP contribution in [-0.4, -0.2) is 56.1 Å². The number of rotatable bonds is 3. The Morgan fingerprint density at radius 3 is 2.71 bits per heavy atom. The highest BCUT2D eigenvalue weighted by Gasteiger charge is 2.44. The van der Waals surface area contributed by atoms with Crippen molar-refractivity contribution in [3.63, 3.8) is 0 Å². The van der Waals surface area contributed by atoms with Crippen LogP contribution in [0, 0.1) is 0 Å². The topological polar surface area (TPSA) is 76.8 Å². The van der Waals surface area contributed by atoms with Crippen LogP contribution in [0.2, 0.25) is 0 Å². The van der Waals surface area contributed by atoms with Crippen LogP contribution in [0.5, 0.6) is 0 Å². The van der Waals surface area contributed by atoms with E-state index < -0.39 is 18.2 Å². The molecule has 5 heteroatoms. The summed E-state index contributed by atoms with van der Waals surface area (Å²) in [5, 5.41) is 28.9. The molecular weight excluding hydrogens is 220 g/mol. The van der Waals surface area contributed by atoms with Crippen LogP contribution < -0.4 is 0 Å². The first-order valence-corrected chi connectivity index (χ1v) is 5.76. The predicted molar refractivity (Wildman–Crippen MR) is 62.1 cm³/mol. The summed E-state index contributed by atoms with van der Waals surface area (Å²) in [6.07, 6.45) is 1.73. The third-order valence-corrected chi connectivity index (χ3v) is 3.46. The summed E-state index contributed by atoms with van der Waals surface area (Å²) in [7, 11) is 0. The number of aliphatic hydroxyl groups excluding tert-OH is 3. The van der Waals surface area contributed by atoms with Gasteiger partial charge in [0, 0.05) is 25.0 Å². The Morgan fingerprint density at radius 1 is 1.35 bits per heavy atom. The molecule has 0 aliphatic carbocycles. The largest absolute Gasteiger partial charge is 0.395 e. The van der Waals surface area contributed by atoms with Crippen molar-refractivity contribution in [2.24, 2.45) is 0 Å². The SMILES string of the molecule is C[C@H]1[C@H](O)[C@H](O)[C@@H](CO)N1Cc1cccnc1. The minimum absolute atomic E-state index is 0.164. The van der Waals surface area contributed by atoms with E-state index in [9.17, 15) is 15.3 Å². The molecule has 0 amide bonds. The van der Waals surface area contributed by atoms with Crippen molar-refractivity contribution in [2.75, 3.05) is 6.61 Å². The van der Waals surface area contributed by atoms with Gasteiger partial charge >= 0.3 is 0 Å². The quantitative estimate of drug-likeness (QED) is 0.653. The Bertz CT molecular complexity index is 360. The van der Waals surface area contributed by atoms with Crippen LogP contribution in [0.3, 0.4) is 0 Å². The third-order valence-electron chi connectivity index (χ3n) is 3.46. The second kappa shape index (κ2) is 5.10. The van der Waals surface area contributed by atoms with Crippen LogP contribution in [-0.2, 0) is 6.54 Å².